The predicted octanol–water partition coefficient (Wildman–Crippen LogP) is 1.47. The lowest BCUT2D eigenvalue weighted by molar-refractivity contribution is -0.123. The second kappa shape index (κ2) is 10.6. The number of hydrogen-bond donors (Lipinski definition) is 4. The molecule has 1 aliphatic rings. The highest BCUT2D eigenvalue weighted by molar-refractivity contribution is 6.43. The zero-order chi connectivity index (χ0) is 22.4. The van der Waals surface area contributed by atoms with Crippen LogP contribution in [0.5, 0.6) is 0 Å². The minimum atomic E-state index is -1.70. The second-order valence-electron chi connectivity index (χ2n) is 8.21. The molecule has 4 N–H and O–H groups in total. The smallest absolute Gasteiger partial charge is 0.426 e. The maximum atomic E-state index is 13.3. The minimum absolute atomic E-state index is 0.144. The number of carbonyl (C=O) groups excluding carboxylic acids is 2. The lowest BCUT2D eigenvalue weighted by Gasteiger charge is -2.30. The zero-order valence-electron chi connectivity index (χ0n) is 18.0. The van der Waals surface area contributed by atoms with Gasteiger partial charge in [0.05, 0.1) is 19.2 Å². The quantitative estimate of drug-likeness (QED) is 0.500. The van der Waals surface area contributed by atoms with Crippen LogP contribution in [0.3, 0.4) is 0 Å². The van der Waals surface area contributed by atoms with Gasteiger partial charge in [-0.15, -0.1) is 0 Å². The average molecular weight is 427 g/mol. The first-order chi connectivity index (χ1) is 14.9. The lowest BCUT2D eigenvalue weighted by Crippen LogP contribution is -2.53. The first-order valence-corrected chi connectivity index (χ1v) is 10.6. The molecule has 1 heterocycles. The average Bonchev–Trinajstić information content (AvgIpc) is 2.76. The van der Waals surface area contributed by atoms with Crippen LogP contribution in [0.1, 0.15) is 31.9 Å². The number of nitrogens with zero attached hydrogens (tertiary/aromatic N) is 1. The highest BCUT2D eigenvalue weighted by Crippen LogP contribution is 2.25. The summed E-state index contributed by atoms with van der Waals surface area (Å²) in [5.74, 6) is -1.19. The molecule has 0 aliphatic carbocycles. The van der Waals surface area contributed by atoms with Crippen LogP contribution in [0, 0.1) is 5.92 Å². The van der Waals surface area contributed by atoms with Gasteiger partial charge < -0.3 is 30.3 Å². The summed E-state index contributed by atoms with van der Waals surface area (Å²) in [6.45, 7) is 5.66. The van der Waals surface area contributed by atoms with E-state index in [4.69, 9.17) is 4.74 Å². The monoisotopic (exact) mass is 427 g/mol. The maximum Gasteiger partial charge on any atom is 0.475 e. The molecule has 1 aliphatic heterocycles. The van der Waals surface area contributed by atoms with E-state index in [2.05, 4.69) is 10.6 Å². The fraction of sp³-hybridized carbons (Fsp3) is 0.455. The van der Waals surface area contributed by atoms with Crippen molar-refractivity contribution in [2.24, 2.45) is 5.92 Å². The molecule has 0 spiro atoms. The van der Waals surface area contributed by atoms with Gasteiger partial charge in [-0.25, -0.2) is 4.79 Å². The van der Waals surface area contributed by atoms with Gasteiger partial charge >= 0.3 is 13.1 Å². The Morgan fingerprint density at radius 3 is 2.42 bits per heavy atom. The topological polar surface area (TPSA) is 111 Å². The number of fused-ring (bicyclic) bond motifs is 1. The number of rotatable bonds is 7. The van der Waals surface area contributed by atoms with Gasteiger partial charge in [0.15, 0.2) is 0 Å². The predicted molar refractivity (Wildman–Crippen MR) is 119 cm³/mol. The number of hydrogen-bond acceptors (Lipinski definition) is 5. The van der Waals surface area contributed by atoms with Crippen LogP contribution < -0.4 is 10.6 Å². The molecule has 1 fully saturated rings. The van der Waals surface area contributed by atoms with Crippen molar-refractivity contribution in [3.8, 4) is 0 Å². The van der Waals surface area contributed by atoms with E-state index in [1.807, 2.05) is 50.2 Å². The van der Waals surface area contributed by atoms with Crippen molar-refractivity contribution in [1.82, 2.24) is 15.5 Å². The Labute approximate surface area is 182 Å². The fourth-order valence-electron chi connectivity index (χ4n) is 3.80. The Morgan fingerprint density at radius 1 is 1.06 bits per heavy atom. The molecule has 0 radical (unpaired) electrons. The van der Waals surface area contributed by atoms with E-state index in [0.29, 0.717) is 38.3 Å². The molecule has 0 aromatic heterocycles. The molecule has 2 atom stereocenters. The molecule has 2 aromatic carbocycles. The summed E-state index contributed by atoms with van der Waals surface area (Å²) in [5, 5.41) is 26.9. The van der Waals surface area contributed by atoms with Gasteiger partial charge in [0.25, 0.3) is 0 Å². The summed E-state index contributed by atoms with van der Waals surface area (Å²) < 4.78 is 5.30. The number of urea groups is 1. The Bertz CT molecular complexity index is 896. The van der Waals surface area contributed by atoms with E-state index in [9.17, 15) is 19.6 Å². The molecule has 31 heavy (non-hydrogen) atoms. The van der Waals surface area contributed by atoms with Crippen molar-refractivity contribution in [2.45, 2.75) is 32.3 Å². The van der Waals surface area contributed by atoms with Crippen molar-refractivity contribution in [3.05, 3.63) is 48.0 Å². The zero-order valence-corrected chi connectivity index (χ0v) is 18.0. The molecular formula is C22H30BN3O5. The molecule has 3 amide bonds. The summed E-state index contributed by atoms with van der Waals surface area (Å²) in [4.78, 5) is 27.8. The highest BCUT2D eigenvalue weighted by atomic mass is 16.5. The third kappa shape index (κ3) is 5.97. The Kier molecular flexibility index (Phi) is 7.89. The van der Waals surface area contributed by atoms with Crippen molar-refractivity contribution >= 4 is 29.8 Å². The summed E-state index contributed by atoms with van der Waals surface area (Å²) in [6, 6.07) is 11.9. The molecule has 8 nitrogen and oxygen atoms in total. The van der Waals surface area contributed by atoms with Crippen molar-refractivity contribution in [3.63, 3.8) is 0 Å². The van der Waals surface area contributed by atoms with E-state index in [1.165, 1.54) is 0 Å². The Balaban J connectivity index is 1.91. The van der Waals surface area contributed by atoms with Gasteiger partial charge in [0, 0.05) is 13.1 Å². The summed E-state index contributed by atoms with van der Waals surface area (Å²) in [7, 11) is -1.70. The molecule has 2 unspecified atom stereocenters. The van der Waals surface area contributed by atoms with Gasteiger partial charge in [-0.1, -0.05) is 56.3 Å². The van der Waals surface area contributed by atoms with Crippen molar-refractivity contribution in [1.29, 1.82) is 0 Å². The van der Waals surface area contributed by atoms with Crippen LogP contribution in [0.4, 0.5) is 4.79 Å². The molecule has 0 saturated carbocycles. The van der Waals surface area contributed by atoms with Crippen LogP contribution in [-0.2, 0) is 9.53 Å². The van der Waals surface area contributed by atoms with Crippen molar-refractivity contribution in [2.75, 3.05) is 26.3 Å². The van der Waals surface area contributed by atoms with Gasteiger partial charge in [0.2, 0.25) is 5.91 Å². The standard InChI is InChI=1S/C22H30BN3O5/c1-15(2)14-19(23(29)30)24-21(27)20(25-22(28)26-10-12-31-13-11-26)18-9-5-7-16-6-3-4-8-17(16)18/h3-9,15,19-20,29-30H,10-14H2,1-2H3,(H,24,27)(H,25,28). The molecule has 1 saturated heterocycles. The third-order valence-electron chi connectivity index (χ3n) is 5.38. The number of nitrogens with one attached hydrogen (secondary N) is 2. The maximum absolute atomic E-state index is 13.3. The van der Waals surface area contributed by atoms with Crippen LogP contribution in [-0.4, -0.2) is 66.2 Å². The van der Waals surface area contributed by atoms with Gasteiger partial charge in [-0.3, -0.25) is 4.79 Å². The van der Waals surface area contributed by atoms with E-state index in [-0.39, 0.29) is 11.9 Å². The number of carbonyl (C=O) groups is 2. The number of morpholine rings is 1. The summed E-state index contributed by atoms with van der Waals surface area (Å²) in [5.41, 5.74) is 0.646. The summed E-state index contributed by atoms with van der Waals surface area (Å²) in [6.07, 6.45) is 0.392. The first-order valence-electron chi connectivity index (χ1n) is 10.6. The van der Waals surface area contributed by atoms with Gasteiger partial charge in [-0.2, -0.15) is 0 Å². The van der Waals surface area contributed by atoms with E-state index < -0.39 is 25.0 Å². The van der Waals surface area contributed by atoms with Gasteiger partial charge in [0.1, 0.15) is 6.04 Å². The molecule has 9 heteroatoms. The van der Waals surface area contributed by atoms with Crippen LogP contribution in [0.25, 0.3) is 10.8 Å². The minimum Gasteiger partial charge on any atom is -0.426 e. The van der Waals surface area contributed by atoms with E-state index in [1.54, 1.807) is 11.0 Å². The molecule has 0 bridgehead atoms. The molecule has 166 valence electrons. The molecule has 2 aromatic rings. The van der Waals surface area contributed by atoms with Crippen LogP contribution >= 0.6 is 0 Å². The number of amides is 3. The van der Waals surface area contributed by atoms with Gasteiger partial charge in [-0.05, 0) is 28.7 Å². The highest BCUT2D eigenvalue weighted by Gasteiger charge is 2.32. The number of benzene rings is 2. The first kappa shape index (κ1) is 23.1. The lowest BCUT2D eigenvalue weighted by atomic mass is 9.75. The van der Waals surface area contributed by atoms with Crippen LogP contribution in [0.15, 0.2) is 42.5 Å². The van der Waals surface area contributed by atoms with E-state index in [0.717, 1.165) is 10.8 Å². The largest absolute Gasteiger partial charge is 0.475 e. The van der Waals surface area contributed by atoms with Crippen LogP contribution in [0.2, 0.25) is 0 Å². The van der Waals surface area contributed by atoms with E-state index >= 15 is 0 Å². The molecule has 3 rings (SSSR count). The Hall–Kier alpha value is -2.62. The normalized spacial score (nSPS) is 16.1. The molecular weight excluding hydrogens is 397 g/mol. The summed E-state index contributed by atoms with van der Waals surface area (Å²) >= 11 is 0. The Morgan fingerprint density at radius 2 is 1.74 bits per heavy atom. The van der Waals surface area contributed by atoms with Crippen molar-refractivity contribution < 1.29 is 24.4 Å². The fourth-order valence-corrected chi connectivity index (χ4v) is 3.80. The second-order valence-corrected chi connectivity index (χ2v) is 8.21. The number of ether oxygens (including phenoxy) is 1. The SMILES string of the molecule is CC(C)CC(NC(=O)C(NC(=O)N1CCOCC1)c1cccc2ccccc12)B(O)O. The third-order valence-corrected chi connectivity index (χ3v) is 5.38.